The van der Waals surface area contributed by atoms with Crippen molar-refractivity contribution in [3.63, 3.8) is 0 Å². The van der Waals surface area contributed by atoms with Crippen LogP contribution in [0.2, 0.25) is 0 Å². The lowest BCUT2D eigenvalue weighted by Crippen LogP contribution is -1.83. The maximum Gasteiger partial charge on any atom is -0.0533 e. The first-order chi connectivity index (χ1) is 9.41. The fourth-order valence-corrected chi connectivity index (χ4v) is 2.65. The third kappa shape index (κ3) is 18.0. The lowest BCUT2D eigenvalue weighted by Gasteiger charge is -2.03. The molecule has 19 heavy (non-hydrogen) atoms. The SMILES string of the molecule is [CH2]CCCCCCCCCCCCCCCCC[CH2]. The van der Waals surface area contributed by atoms with Gasteiger partial charge in [-0.25, -0.2) is 0 Å². The zero-order valence-corrected chi connectivity index (χ0v) is 13.4. The molecule has 0 rings (SSSR count). The minimum Gasteiger partial charge on any atom is -0.0533 e. The van der Waals surface area contributed by atoms with Crippen LogP contribution in [-0.4, -0.2) is 0 Å². The highest BCUT2D eigenvalue weighted by atomic mass is 14.0. The minimum atomic E-state index is 1.12. The van der Waals surface area contributed by atoms with Gasteiger partial charge >= 0.3 is 0 Å². The van der Waals surface area contributed by atoms with Crippen molar-refractivity contribution in [1.82, 2.24) is 0 Å². The zero-order valence-electron chi connectivity index (χ0n) is 13.4. The molecule has 0 aromatic rings. The molecular formula is C19H38. The molecule has 0 aliphatic heterocycles. The average Bonchev–Trinajstić information content (AvgIpc) is 2.43. The molecular weight excluding hydrogens is 228 g/mol. The summed E-state index contributed by atoms with van der Waals surface area (Å²) >= 11 is 0. The van der Waals surface area contributed by atoms with Gasteiger partial charge in [0.15, 0.2) is 0 Å². The van der Waals surface area contributed by atoms with Crippen molar-refractivity contribution < 1.29 is 0 Å². The molecule has 0 spiro atoms. The van der Waals surface area contributed by atoms with Gasteiger partial charge in [-0.15, -0.1) is 0 Å². The Labute approximate surface area is 123 Å². The van der Waals surface area contributed by atoms with E-state index in [0.29, 0.717) is 0 Å². The van der Waals surface area contributed by atoms with E-state index in [9.17, 15) is 0 Å². The quantitative estimate of drug-likeness (QED) is 0.257. The lowest BCUT2D eigenvalue weighted by atomic mass is 10.0. The Morgan fingerprint density at radius 2 is 0.421 bits per heavy atom. The molecule has 0 N–H and O–H groups in total. The van der Waals surface area contributed by atoms with Gasteiger partial charge in [0.25, 0.3) is 0 Å². The Hall–Kier alpha value is 0. The normalized spacial score (nSPS) is 11.1. The Bertz CT molecular complexity index is 123. The fraction of sp³-hybridized carbons (Fsp3) is 0.895. The lowest BCUT2D eigenvalue weighted by molar-refractivity contribution is 0.531. The van der Waals surface area contributed by atoms with Crippen LogP contribution in [-0.2, 0) is 0 Å². The summed E-state index contributed by atoms with van der Waals surface area (Å²) in [5, 5.41) is 0. The van der Waals surface area contributed by atoms with E-state index in [-0.39, 0.29) is 0 Å². The third-order valence-corrected chi connectivity index (χ3v) is 4.00. The summed E-state index contributed by atoms with van der Waals surface area (Å²) in [7, 11) is 0. The fourth-order valence-electron chi connectivity index (χ4n) is 2.65. The number of hydrogen-bond acceptors (Lipinski definition) is 0. The molecule has 0 heterocycles. The van der Waals surface area contributed by atoms with Crippen molar-refractivity contribution in [3.8, 4) is 0 Å². The van der Waals surface area contributed by atoms with Crippen LogP contribution in [0.3, 0.4) is 0 Å². The van der Waals surface area contributed by atoms with Gasteiger partial charge in [-0.1, -0.05) is 123 Å². The smallest absolute Gasteiger partial charge is 0.0533 e. The van der Waals surface area contributed by atoms with Crippen molar-refractivity contribution in [2.24, 2.45) is 0 Å². The molecule has 0 aliphatic rings. The van der Waals surface area contributed by atoms with Crippen molar-refractivity contribution in [2.75, 3.05) is 0 Å². The molecule has 0 fully saturated rings. The molecule has 114 valence electrons. The summed E-state index contributed by atoms with van der Waals surface area (Å²) in [6.45, 7) is 7.77. The van der Waals surface area contributed by atoms with Crippen molar-refractivity contribution in [2.45, 2.75) is 109 Å². The second-order valence-corrected chi connectivity index (χ2v) is 6.01. The Balaban J connectivity index is 2.88. The van der Waals surface area contributed by atoms with Crippen LogP contribution in [0, 0.1) is 13.8 Å². The number of rotatable bonds is 16. The largest absolute Gasteiger partial charge is 0.0533 e. The van der Waals surface area contributed by atoms with Crippen LogP contribution in [0.15, 0.2) is 0 Å². The van der Waals surface area contributed by atoms with Gasteiger partial charge in [0.1, 0.15) is 0 Å². The first kappa shape index (κ1) is 19.0. The molecule has 0 aromatic carbocycles. The predicted molar refractivity (Wildman–Crippen MR) is 89.2 cm³/mol. The summed E-state index contributed by atoms with van der Waals surface area (Å²) in [4.78, 5) is 0. The molecule has 0 bridgehead atoms. The maximum absolute atomic E-state index is 3.89. The van der Waals surface area contributed by atoms with Crippen LogP contribution in [0.25, 0.3) is 0 Å². The standard InChI is InChI=1S/C19H38/c1-3-5-7-9-11-13-15-17-19-18-16-14-12-10-8-6-4-2/h1-19H2. The van der Waals surface area contributed by atoms with E-state index in [1.807, 2.05) is 0 Å². The molecule has 0 amide bonds. The van der Waals surface area contributed by atoms with Crippen molar-refractivity contribution >= 4 is 0 Å². The number of hydrogen-bond donors (Lipinski definition) is 0. The van der Waals surface area contributed by atoms with Crippen molar-refractivity contribution in [3.05, 3.63) is 13.8 Å². The van der Waals surface area contributed by atoms with Gasteiger partial charge in [0, 0.05) is 0 Å². The summed E-state index contributed by atoms with van der Waals surface area (Å²) in [6.07, 6.45) is 23.7. The summed E-state index contributed by atoms with van der Waals surface area (Å²) in [6, 6.07) is 0. The van der Waals surface area contributed by atoms with E-state index in [2.05, 4.69) is 13.8 Å². The summed E-state index contributed by atoms with van der Waals surface area (Å²) in [5.41, 5.74) is 0. The zero-order chi connectivity index (χ0) is 14.0. The molecule has 0 saturated carbocycles. The van der Waals surface area contributed by atoms with E-state index < -0.39 is 0 Å². The highest BCUT2D eigenvalue weighted by Crippen LogP contribution is 2.13. The van der Waals surface area contributed by atoms with Gasteiger partial charge in [-0.3, -0.25) is 0 Å². The van der Waals surface area contributed by atoms with Crippen LogP contribution < -0.4 is 0 Å². The molecule has 0 aromatic heterocycles. The van der Waals surface area contributed by atoms with Gasteiger partial charge in [0.05, 0.1) is 0 Å². The van der Waals surface area contributed by atoms with Crippen LogP contribution >= 0.6 is 0 Å². The van der Waals surface area contributed by atoms with Gasteiger partial charge in [-0.05, 0) is 0 Å². The van der Waals surface area contributed by atoms with Crippen molar-refractivity contribution in [1.29, 1.82) is 0 Å². The topological polar surface area (TPSA) is 0 Å². The Morgan fingerprint density at radius 1 is 0.263 bits per heavy atom. The van der Waals surface area contributed by atoms with E-state index in [1.165, 1.54) is 96.3 Å². The van der Waals surface area contributed by atoms with E-state index >= 15 is 0 Å². The highest BCUT2D eigenvalue weighted by Gasteiger charge is 1.94. The van der Waals surface area contributed by atoms with Crippen LogP contribution in [0.5, 0.6) is 0 Å². The van der Waals surface area contributed by atoms with Gasteiger partial charge in [0.2, 0.25) is 0 Å². The highest BCUT2D eigenvalue weighted by molar-refractivity contribution is 4.50. The minimum absolute atomic E-state index is 1.12. The molecule has 0 atom stereocenters. The van der Waals surface area contributed by atoms with Crippen LogP contribution in [0.1, 0.15) is 109 Å². The van der Waals surface area contributed by atoms with Gasteiger partial charge in [-0.2, -0.15) is 0 Å². The van der Waals surface area contributed by atoms with E-state index in [4.69, 9.17) is 0 Å². The average molecular weight is 267 g/mol. The second kappa shape index (κ2) is 18.0. The van der Waals surface area contributed by atoms with Crippen LogP contribution in [0.4, 0.5) is 0 Å². The third-order valence-electron chi connectivity index (χ3n) is 4.00. The second-order valence-electron chi connectivity index (χ2n) is 6.01. The molecule has 0 saturated heterocycles. The molecule has 0 nitrogen and oxygen atoms in total. The Kier molecular flexibility index (Phi) is 18.0. The van der Waals surface area contributed by atoms with E-state index in [0.717, 1.165) is 12.8 Å². The molecule has 2 radical (unpaired) electrons. The predicted octanol–water partition coefficient (Wildman–Crippen LogP) is 7.29. The number of unbranched alkanes of at least 4 members (excludes halogenated alkanes) is 16. The maximum atomic E-state index is 3.89. The van der Waals surface area contributed by atoms with Gasteiger partial charge < -0.3 is 0 Å². The first-order valence-corrected chi connectivity index (χ1v) is 9.00. The Morgan fingerprint density at radius 3 is 0.579 bits per heavy atom. The molecule has 0 heteroatoms. The summed E-state index contributed by atoms with van der Waals surface area (Å²) < 4.78 is 0. The monoisotopic (exact) mass is 266 g/mol. The van der Waals surface area contributed by atoms with E-state index in [1.54, 1.807) is 0 Å². The summed E-state index contributed by atoms with van der Waals surface area (Å²) in [5.74, 6) is 0. The molecule has 0 unspecified atom stereocenters. The molecule has 0 aliphatic carbocycles. The first-order valence-electron chi connectivity index (χ1n) is 9.00.